The van der Waals surface area contributed by atoms with Crippen LogP contribution in [0.5, 0.6) is 0 Å². The van der Waals surface area contributed by atoms with Crippen LogP contribution in [0.3, 0.4) is 0 Å². The van der Waals surface area contributed by atoms with Gasteiger partial charge < -0.3 is 49.1 Å². The highest BCUT2D eigenvalue weighted by Gasteiger charge is 2.78. The number of allylic oxidation sites excluding steroid dienone is 1. The predicted molar refractivity (Wildman–Crippen MR) is 193 cm³/mol. The van der Waals surface area contributed by atoms with Crippen molar-refractivity contribution in [2.45, 2.75) is 123 Å². The van der Waals surface area contributed by atoms with E-state index in [9.17, 15) is 39.3 Å². The number of Topliss-reactive ketones (excluding diaryl/α,β-unsaturated/α-hetero) is 1. The number of fused-ring (bicyclic) bond motifs is 5. The minimum atomic E-state index is -2.36. The third-order valence-electron chi connectivity index (χ3n) is 12.3. The summed E-state index contributed by atoms with van der Waals surface area (Å²) in [4.78, 5) is 81.3. The van der Waals surface area contributed by atoms with Crippen molar-refractivity contribution < 1.29 is 72.5 Å². The highest BCUT2D eigenvalue weighted by atomic mass is 16.6. The molecule has 5 rings (SSSR count). The molecule has 1 aliphatic heterocycles. The van der Waals surface area contributed by atoms with Gasteiger partial charge in [-0.25, -0.2) is 14.4 Å². The molecule has 56 heavy (non-hydrogen) atoms. The molecule has 11 atom stereocenters. The van der Waals surface area contributed by atoms with E-state index in [0.717, 1.165) is 13.8 Å². The van der Waals surface area contributed by atoms with Gasteiger partial charge in [0.2, 0.25) is 5.78 Å². The van der Waals surface area contributed by atoms with Crippen LogP contribution in [-0.2, 0) is 47.6 Å². The highest BCUT2D eigenvalue weighted by Crippen LogP contribution is 2.65. The molecule has 2 bridgehead atoms. The molecule has 0 radical (unpaired) electrons. The van der Waals surface area contributed by atoms with Crippen molar-refractivity contribution in [1.82, 2.24) is 5.32 Å². The molecule has 3 aliphatic carbocycles. The van der Waals surface area contributed by atoms with E-state index in [-0.39, 0.29) is 30.8 Å². The van der Waals surface area contributed by atoms with Crippen LogP contribution < -0.4 is 5.32 Å². The molecule has 9 unspecified atom stereocenters. The molecule has 1 saturated heterocycles. The Bertz CT molecular complexity index is 1770. The fraction of sp³-hybridized carbons (Fsp3) is 0.650. The summed E-state index contributed by atoms with van der Waals surface area (Å²) in [5, 5.41) is 39.2. The van der Waals surface area contributed by atoms with Crippen LogP contribution >= 0.6 is 0 Å². The smallest absolute Gasteiger partial charge is 0.407 e. The molecule has 0 spiro atoms. The van der Waals surface area contributed by atoms with Crippen molar-refractivity contribution >= 4 is 35.8 Å². The molecule has 16 nitrogen and oxygen atoms in total. The number of carbonyl (C=O) groups is 6. The summed E-state index contributed by atoms with van der Waals surface area (Å²) in [5.74, 6) is -8.32. The van der Waals surface area contributed by atoms with Crippen LogP contribution in [0.25, 0.3) is 0 Å². The van der Waals surface area contributed by atoms with Crippen LogP contribution in [0.15, 0.2) is 41.7 Å². The van der Waals surface area contributed by atoms with Crippen molar-refractivity contribution in [2.24, 2.45) is 28.6 Å². The second kappa shape index (κ2) is 15.5. The Hall–Kier alpha value is -4.38. The number of ether oxygens (including phenoxy) is 6. The van der Waals surface area contributed by atoms with Gasteiger partial charge in [0, 0.05) is 38.0 Å². The van der Waals surface area contributed by atoms with Gasteiger partial charge in [0.15, 0.2) is 17.5 Å². The van der Waals surface area contributed by atoms with Crippen molar-refractivity contribution in [2.75, 3.05) is 13.2 Å². The lowest BCUT2D eigenvalue weighted by Crippen LogP contribution is -2.81. The molecule has 0 aromatic heterocycles. The zero-order chi connectivity index (χ0) is 41.7. The Morgan fingerprint density at radius 3 is 2.20 bits per heavy atom. The Labute approximate surface area is 325 Å². The van der Waals surface area contributed by atoms with Gasteiger partial charge in [-0.05, 0) is 37.5 Å². The number of alkyl carbamates (subject to hydrolysis) is 1. The van der Waals surface area contributed by atoms with E-state index in [0.29, 0.717) is 0 Å². The highest BCUT2D eigenvalue weighted by molar-refractivity contribution is 6.02. The van der Waals surface area contributed by atoms with Gasteiger partial charge in [-0.2, -0.15) is 0 Å². The van der Waals surface area contributed by atoms with Crippen LogP contribution in [-0.4, -0.2) is 112 Å². The van der Waals surface area contributed by atoms with E-state index in [2.05, 4.69) is 5.32 Å². The van der Waals surface area contributed by atoms with Crippen molar-refractivity contribution in [1.29, 1.82) is 0 Å². The van der Waals surface area contributed by atoms with Crippen LogP contribution in [0.2, 0.25) is 0 Å². The summed E-state index contributed by atoms with van der Waals surface area (Å²) in [6, 6.07) is 6.65. The fourth-order valence-electron chi connectivity index (χ4n) is 9.30. The monoisotopic (exact) mass is 787 g/mol. The first-order valence-corrected chi connectivity index (χ1v) is 18.9. The lowest BCUT2D eigenvalue weighted by Gasteiger charge is -2.67. The fourth-order valence-corrected chi connectivity index (χ4v) is 9.30. The molecule has 1 aromatic carbocycles. The Balaban J connectivity index is 1.76. The number of aliphatic hydroxyl groups is 3. The number of nitrogens with one attached hydrogen (secondary N) is 1. The summed E-state index contributed by atoms with van der Waals surface area (Å²) in [5.41, 5.74) is -7.74. The third-order valence-corrected chi connectivity index (χ3v) is 12.3. The van der Waals surface area contributed by atoms with Crippen LogP contribution in [0.4, 0.5) is 4.79 Å². The third kappa shape index (κ3) is 6.98. The van der Waals surface area contributed by atoms with Crippen molar-refractivity contribution in [3.63, 3.8) is 0 Å². The first-order chi connectivity index (χ1) is 26.1. The number of rotatable bonds is 10. The van der Waals surface area contributed by atoms with Gasteiger partial charge in [-0.3, -0.25) is 14.4 Å². The molecule has 4 aliphatic rings. The number of benzene rings is 1. The van der Waals surface area contributed by atoms with Gasteiger partial charge in [0.1, 0.15) is 23.9 Å². The van der Waals surface area contributed by atoms with E-state index in [1.165, 1.54) is 19.1 Å². The molecule has 2 saturated carbocycles. The minimum Gasteiger partial charge on any atom is -0.460 e. The van der Waals surface area contributed by atoms with Gasteiger partial charge in [0.25, 0.3) is 0 Å². The van der Waals surface area contributed by atoms with E-state index >= 15 is 4.79 Å². The summed E-state index contributed by atoms with van der Waals surface area (Å²) in [6.45, 7) is 12.9. The topological polar surface area (TPSA) is 231 Å². The number of hydrogen-bond acceptors (Lipinski definition) is 15. The molecule has 1 heterocycles. The largest absolute Gasteiger partial charge is 0.460 e. The summed E-state index contributed by atoms with van der Waals surface area (Å²) >= 11 is 0. The average molecular weight is 788 g/mol. The number of esters is 4. The quantitative estimate of drug-likeness (QED) is 0.197. The standard InChI is InChI=1S/C40H53NO15/c1-10-51-36(49)41-28(19(2)3)29(45)35(48)54-24-17-40(50)33(55-34(47)23-14-12-11-13-15-23)31-38(9,25(44)16-26-39(31,18-52-26)56-22(6)43)32(46)30(53-21(5)42)27(20(24)4)37(40,7)8/h11-15,19-20,24-26,28-29,31,33,44-45,50H,10,16-18H2,1-9H3,(H,41,49)/t20?,24?,25?,26?,28?,29?,31?,33?,38-,39+,40?/m1/s1. The van der Waals surface area contributed by atoms with Gasteiger partial charge in [-0.15, -0.1) is 0 Å². The van der Waals surface area contributed by atoms with E-state index in [1.807, 2.05) is 0 Å². The number of aliphatic hydroxyl groups excluding tert-OH is 2. The number of amides is 1. The first-order valence-electron chi connectivity index (χ1n) is 18.9. The Kier molecular flexibility index (Phi) is 11.8. The summed E-state index contributed by atoms with van der Waals surface area (Å²) < 4.78 is 34.8. The van der Waals surface area contributed by atoms with Gasteiger partial charge >= 0.3 is 30.0 Å². The Morgan fingerprint density at radius 1 is 1.02 bits per heavy atom. The zero-order valence-corrected chi connectivity index (χ0v) is 33.2. The molecule has 1 aromatic rings. The normalized spacial score (nSPS) is 34.2. The van der Waals surface area contributed by atoms with Crippen molar-refractivity contribution in [3.8, 4) is 0 Å². The zero-order valence-electron chi connectivity index (χ0n) is 33.2. The summed E-state index contributed by atoms with van der Waals surface area (Å²) in [7, 11) is 0. The lowest BCUT2D eigenvalue weighted by atomic mass is 9.45. The summed E-state index contributed by atoms with van der Waals surface area (Å²) in [6.07, 6.45) is -9.30. The maximum atomic E-state index is 15.3. The van der Waals surface area contributed by atoms with Crippen molar-refractivity contribution in [3.05, 3.63) is 47.2 Å². The number of ketones is 1. The second-order valence-corrected chi connectivity index (χ2v) is 16.3. The maximum absolute atomic E-state index is 15.3. The number of hydrogen-bond donors (Lipinski definition) is 4. The Morgan fingerprint density at radius 2 is 1.66 bits per heavy atom. The van der Waals surface area contributed by atoms with E-state index < -0.39 is 124 Å². The molecule has 1 amide bonds. The molecule has 3 fully saturated rings. The SMILES string of the molecule is CCOC(=O)NC(C(C)C)C(O)C(=O)OC1CC2(O)C(OC(=O)c3ccccc3)C3[C@]4(OC(C)=O)COC4CC(O)[C@@]3(C)C(=O)C(OC(C)=O)=C(C1C)C2(C)C. The molecule has 4 N–H and O–H groups in total. The van der Waals surface area contributed by atoms with E-state index in [1.54, 1.807) is 59.7 Å². The number of carbonyl (C=O) groups excluding carboxylic acids is 6. The van der Waals surface area contributed by atoms with Gasteiger partial charge in [0.05, 0.1) is 42.3 Å². The lowest BCUT2D eigenvalue weighted by molar-refractivity contribution is -0.345. The molecule has 308 valence electrons. The predicted octanol–water partition coefficient (Wildman–Crippen LogP) is 2.54. The second-order valence-electron chi connectivity index (χ2n) is 16.3. The van der Waals surface area contributed by atoms with E-state index in [4.69, 9.17) is 28.4 Å². The molecular formula is C40H53NO15. The van der Waals surface area contributed by atoms with Crippen LogP contribution in [0, 0.1) is 28.6 Å². The van der Waals surface area contributed by atoms with Crippen LogP contribution in [0.1, 0.15) is 85.5 Å². The molecule has 16 heteroatoms. The van der Waals surface area contributed by atoms with Gasteiger partial charge in [-0.1, -0.05) is 52.8 Å². The average Bonchev–Trinajstić information content (AvgIpc) is 3.11. The molecular weight excluding hydrogens is 734 g/mol. The maximum Gasteiger partial charge on any atom is 0.407 e. The minimum absolute atomic E-state index is 0.00459. The first kappa shape index (κ1) is 42.8.